The van der Waals surface area contributed by atoms with Crippen molar-refractivity contribution in [1.82, 2.24) is 9.47 Å². The number of Topliss-reactive ketones (excluding diaryl/α,β-unsaturated/α-hetero) is 1. The molecule has 2 aliphatic heterocycles. The van der Waals surface area contributed by atoms with Crippen LogP contribution in [0, 0.1) is 13.8 Å². The lowest BCUT2D eigenvalue weighted by atomic mass is 10.0. The van der Waals surface area contributed by atoms with Crippen LogP contribution in [0.15, 0.2) is 18.2 Å². The van der Waals surface area contributed by atoms with Gasteiger partial charge in [-0.2, -0.15) is 0 Å². The summed E-state index contributed by atoms with van der Waals surface area (Å²) in [6.45, 7) is 4.41. The molecule has 9 nitrogen and oxygen atoms in total. The van der Waals surface area contributed by atoms with E-state index >= 15 is 0 Å². The lowest BCUT2D eigenvalue weighted by molar-refractivity contribution is 0.0506. The van der Waals surface area contributed by atoms with Crippen molar-refractivity contribution in [2.45, 2.75) is 32.8 Å². The zero-order valence-electron chi connectivity index (χ0n) is 19.3. The van der Waals surface area contributed by atoms with E-state index in [2.05, 4.69) is 0 Å². The molecular formula is C24H28N2O7. The van der Waals surface area contributed by atoms with Crippen molar-refractivity contribution in [3.63, 3.8) is 0 Å². The Kier molecular flexibility index (Phi) is 6.42. The normalized spacial score (nSPS) is 16.7. The summed E-state index contributed by atoms with van der Waals surface area (Å²) in [5, 5.41) is 0. The summed E-state index contributed by atoms with van der Waals surface area (Å²) < 4.78 is 23.0. The van der Waals surface area contributed by atoms with Gasteiger partial charge in [0.2, 0.25) is 6.79 Å². The predicted octanol–water partition coefficient (Wildman–Crippen LogP) is 2.66. The van der Waals surface area contributed by atoms with E-state index in [1.807, 2.05) is 0 Å². The van der Waals surface area contributed by atoms with Crippen LogP contribution in [0.2, 0.25) is 0 Å². The van der Waals surface area contributed by atoms with Gasteiger partial charge in [-0.1, -0.05) is 0 Å². The van der Waals surface area contributed by atoms with Gasteiger partial charge in [-0.25, -0.2) is 4.79 Å². The summed E-state index contributed by atoms with van der Waals surface area (Å²) in [4.78, 5) is 40.6. The van der Waals surface area contributed by atoms with Gasteiger partial charge in [-0.05, 0) is 50.5 Å². The Labute approximate surface area is 192 Å². The summed E-state index contributed by atoms with van der Waals surface area (Å²) in [6, 6.07) is 4.99. The van der Waals surface area contributed by atoms with Gasteiger partial charge in [0.1, 0.15) is 5.69 Å². The molecule has 1 aromatic carbocycles. The Morgan fingerprint density at radius 2 is 1.94 bits per heavy atom. The second-order valence-corrected chi connectivity index (χ2v) is 8.30. The molecule has 2 aromatic rings. The molecule has 3 heterocycles. The van der Waals surface area contributed by atoms with Crippen LogP contribution >= 0.6 is 0 Å². The number of carbonyl (C=O) groups excluding carboxylic acids is 3. The maximum absolute atomic E-state index is 13.4. The first-order valence-corrected chi connectivity index (χ1v) is 10.9. The fraction of sp³-hybridized carbons (Fsp3) is 0.458. The molecule has 176 valence electrons. The highest BCUT2D eigenvalue weighted by Gasteiger charge is 2.30. The smallest absolute Gasteiger partial charge is 0.354 e. The van der Waals surface area contributed by atoms with E-state index in [-0.39, 0.29) is 31.1 Å². The predicted molar refractivity (Wildman–Crippen MR) is 118 cm³/mol. The van der Waals surface area contributed by atoms with Crippen molar-refractivity contribution in [3.05, 3.63) is 46.3 Å². The Morgan fingerprint density at radius 1 is 1.18 bits per heavy atom. The van der Waals surface area contributed by atoms with Gasteiger partial charge in [0, 0.05) is 37.0 Å². The molecule has 0 bridgehead atoms. The summed E-state index contributed by atoms with van der Waals surface area (Å²) in [7, 11) is 3.02. The molecule has 0 saturated carbocycles. The number of nitrogens with zero attached hydrogens (tertiary/aromatic N) is 2. The molecule has 0 aliphatic carbocycles. The molecular weight excluding hydrogens is 428 g/mol. The van der Waals surface area contributed by atoms with Crippen molar-refractivity contribution < 1.29 is 33.3 Å². The molecule has 1 amide bonds. The fourth-order valence-corrected chi connectivity index (χ4v) is 4.49. The van der Waals surface area contributed by atoms with Crippen LogP contribution in [0.5, 0.6) is 11.5 Å². The second kappa shape index (κ2) is 9.27. The molecule has 0 radical (unpaired) electrons. The highest BCUT2D eigenvalue weighted by Crippen LogP contribution is 2.33. The lowest BCUT2D eigenvalue weighted by Gasteiger charge is -2.25. The average molecular weight is 456 g/mol. The third kappa shape index (κ3) is 4.32. The topological polar surface area (TPSA) is 96.3 Å². The molecule has 2 aliphatic rings. The number of esters is 1. The van der Waals surface area contributed by atoms with Crippen LogP contribution in [0.3, 0.4) is 0 Å². The quantitative estimate of drug-likeness (QED) is 0.467. The fourth-order valence-electron chi connectivity index (χ4n) is 4.49. The lowest BCUT2D eigenvalue weighted by Crippen LogP contribution is -2.41. The first-order chi connectivity index (χ1) is 15.8. The largest absolute Gasteiger partial charge is 0.464 e. The van der Waals surface area contributed by atoms with Crippen molar-refractivity contribution >= 4 is 17.7 Å². The van der Waals surface area contributed by atoms with Crippen LogP contribution < -0.4 is 9.47 Å². The van der Waals surface area contributed by atoms with Crippen LogP contribution in [-0.4, -0.2) is 66.8 Å². The van der Waals surface area contributed by atoms with Gasteiger partial charge in [-0.3, -0.25) is 9.59 Å². The minimum absolute atomic E-state index is 0.111. The van der Waals surface area contributed by atoms with E-state index in [9.17, 15) is 14.4 Å². The molecule has 1 unspecified atom stereocenters. The van der Waals surface area contributed by atoms with Crippen LogP contribution in [0.25, 0.3) is 0 Å². The van der Waals surface area contributed by atoms with Gasteiger partial charge in [0.05, 0.1) is 19.8 Å². The van der Waals surface area contributed by atoms with Crippen molar-refractivity contribution in [2.75, 3.05) is 33.6 Å². The molecule has 0 N–H and O–H groups in total. The van der Waals surface area contributed by atoms with E-state index in [1.165, 1.54) is 12.0 Å². The number of benzene rings is 1. The number of ketones is 1. The van der Waals surface area contributed by atoms with Crippen LogP contribution in [0.1, 0.15) is 55.3 Å². The van der Waals surface area contributed by atoms with E-state index in [0.717, 1.165) is 12.8 Å². The van der Waals surface area contributed by atoms with E-state index < -0.39 is 5.97 Å². The van der Waals surface area contributed by atoms with Gasteiger partial charge in [0.25, 0.3) is 5.91 Å². The third-order valence-corrected chi connectivity index (χ3v) is 6.28. The van der Waals surface area contributed by atoms with Crippen LogP contribution in [0.4, 0.5) is 0 Å². The number of carbonyl (C=O) groups is 3. The van der Waals surface area contributed by atoms with Gasteiger partial charge >= 0.3 is 5.97 Å². The van der Waals surface area contributed by atoms with Gasteiger partial charge in [-0.15, -0.1) is 0 Å². The number of methoxy groups -OCH3 is 1. The molecule has 0 spiro atoms. The van der Waals surface area contributed by atoms with E-state index in [0.29, 0.717) is 52.7 Å². The molecule has 9 heteroatoms. The van der Waals surface area contributed by atoms with Gasteiger partial charge < -0.3 is 28.4 Å². The average Bonchev–Trinajstić information content (AvgIpc) is 3.53. The number of ether oxygens (including phenoxy) is 4. The molecule has 1 fully saturated rings. The number of hydrogen-bond acceptors (Lipinski definition) is 7. The minimum atomic E-state index is -0.509. The molecule has 1 atom stereocenters. The molecule has 33 heavy (non-hydrogen) atoms. The van der Waals surface area contributed by atoms with Crippen molar-refractivity contribution in [1.29, 1.82) is 0 Å². The molecule has 4 rings (SSSR count). The number of amides is 1. The summed E-state index contributed by atoms with van der Waals surface area (Å²) in [5.41, 5.74) is 2.34. The van der Waals surface area contributed by atoms with E-state index in [1.54, 1.807) is 43.7 Å². The number of aromatic nitrogens is 1. The standard InChI is InChI=1S/C24H28N2O7/c1-14-21(15(2)25(3)22(14)24(29)30-4)18(27)12-26(11-17-6-5-9-31-17)23(28)16-7-8-19-20(10-16)33-13-32-19/h7-8,10,17H,5-6,9,11-13H2,1-4H3. The summed E-state index contributed by atoms with van der Waals surface area (Å²) in [6.07, 6.45) is 1.62. The Bertz CT molecular complexity index is 1100. The minimum Gasteiger partial charge on any atom is -0.464 e. The number of fused-ring (bicyclic) bond motifs is 1. The Morgan fingerprint density at radius 3 is 2.64 bits per heavy atom. The number of rotatable bonds is 7. The maximum Gasteiger partial charge on any atom is 0.354 e. The van der Waals surface area contributed by atoms with Gasteiger partial charge in [0.15, 0.2) is 17.3 Å². The summed E-state index contributed by atoms with van der Waals surface area (Å²) >= 11 is 0. The second-order valence-electron chi connectivity index (χ2n) is 8.30. The highest BCUT2D eigenvalue weighted by molar-refractivity contribution is 6.06. The first-order valence-electron chi connectivity index (χ1n) is 10.9. The zero-order chi connectivity index (χ0) is 23.7. The number of hydrogen-bond donors (Lipinski definition) is 0. The summed E-state index contributed by atoms with van der Waals surface area (Å²) in [5.74, 6) is 0.0325. The monoisotopic (exact) mass is 456 g/mol. The zero-order valence-corrected chi connectivity index (χ0v) is 19.3. The third-order valence-electron chi connectivity index (χ3n) is 6.28. The maximum atomic E-state index is 13.4. The first kappa shape index (κ1) is 22.8. The van der Waals surface area contributed by atoms with Crippen LogP contribution in [-0.2, 0) is 16.5 Å². The molecule has 1 saturated heterocycles. The SMILES string of the molecule is COC(=O)c1c(C)c(C(=O)CN(CC2CCCO2)C(=O)c2ccc3c(c2)OCO3)c(C)n1C. The van der Waals surface area contributed by atoms with Crippen molar-refractivity contribution in [2.24, 2.45) is 7.05 Å². The Balaban J connectivity index is 1.62. The highest BCUT2D eigenvalue weighted by atomic mass is 16.7. The Hall–Kier alpha value is -3.33. The molecule has 1 aromatic heterocycles. The van der Waals surface area contributed by atoms with Crippen molar-refractivity contribution in [3.8, 4) is 11.5 Å². The van der Waals surface area contributed by atoms with E-state index in [4.69, 9.17) is 18.9 Å².